The molecule has 0 aliphatic heterocycles. The van der Waals surface area contributed by atoms with Gasteiger partial charge in [0.2, 0.25) is 0 Å². The highest BCUT2D eigenvalue weighted by atomic mass is 16.6. The van der Waals surface area contributed by atoms with Gasteiger partial charge >= 0.3 is 5.97 Å². The third kappa shape index (κ3) is 9.12. The third-order valence-corrected chi connectivity index (χ3v) is 2.52. The first kappa shape index (κ1) is 16.4. The quantitative estimate of drug-likeness (QED) is 0.463. The molecule has 0 aliphatic carbocycles. The molecule has 0 spiro atoms. The summed E-state index contributed by atoms with van der Waals surface area (Å²) in [5, 5.41) is 0. The van der Waals surface area contributed by atoms with E-state index in [1.54, 1.807) is 6.92 Å². The molecule has 0 radical (unpaired) electrons. The fourth-order valence-electron chi connectivity index (χ4n) is 1.08. The Morgan fingerprint density at radius 1 is 1.12 bits per heavy atom. The van der Waals surface area contributed by atoms with Crippen LogP contribution in [0.5, 0.6) is 0 Å². The molecule has 0 aliphatic rings. The normalized spacial score (nSPS) is 14.7. The van der Waals surface area contributed by atoms with Gasteiger partial charge in [0.25, 0.3) is 0 Å². The molecule has 0 aromatic rings. The van der Waals surface area contributed by atoms with E-state index in [1.165, 1.54) is 0 Å². The molecular formula is C13H26O4. The Labute approximate surface area is 105 Å². The number of carbonyl (C=O) groups is 1. The molecule has 2 unspecified atom stereocenters. The molecule has 0 bridgehead atoms. The lowest BCUT2D eigenvalue weighted by Gasteiger charge is -2.17. The minimum absolute atomic E-state index is 0.189. The lowest BCUT2D eigenvalue weighted by atomic mass is 10.1. The number of ether oxygens (including phenoxy) is 3. The van der Waals surface area contributed by atoms with Crippen molar-refractivity contribution in [2.75, 3.05) is 19.8 Å². The van der Waals surface area contributed by atoms with E-state index < -0.39 is 0 Å². The Kier molecular flexibility index (Phi) is 9.09. The average molecular weight is 246 g/mol. The van der Waals surface area contributed by atoms with Gasteiger partial charge in [-0.05, 0) is 19.8 Å². The predicted molar refractivity (Wildman–Crippen MR) is 66.9 cm³/mol. The van der Waals surface area contributed by atoms with Gasteiger partial charge in [0.05, 0.1) is 25.9 Å². The van der Waals surface area contributed by atoms with Crippen LogP contribution in [0, 0.1) is 5.92 Å². The van der Waals surface area contributed by atoms with Crippen molar-refractivity contribution in [3.05, 3.63) is 0 Å². The maximum Gasteiger partial charge on any atom is 0.305 e. The maximum absolute atomic E-state index is 11.0. The summed E-state index contributed by atoms with van der Waals surface area (Å²) in [6.45, 7) is 11.4. The summed E-state index contributed by atoms with van der Waals surface area (Å²) in [6.07, 6.45) is 0.457. The molecule has 0 saturated carbocycles. The van der Waals surface area contributed by atoms with Crippen LogP contribution in [0.2, 0.25) is 0 Å². The first-order valence-corrected chi connectivity index (χ1v) is 6.36. The smallest absolute Gasteiger partial charge is 0.305 e. The largest absolute Gasteiger partial charge is 0.460 e. The highest BCUT2D eigenvalue weighted by Crippen LogP contribution is 2.04. The van der Waals surface area contributed by atoms with Crippen molar-refractivity contribution < 1.29 is 19.0 Å². The first-order valence-electron chi connectivity index (χ1n) is 6.36. The van der Waals surface area contributed by atoms with Crippen LogP contribution in [0.1, 0.15) is 41.0 Å². The van der Waals surface area contributed by atoms with E-state index in [1.807, 2.05) is 6.92 Å². The Hall–Kier alpha value is -0.610. The van der Waals surface area contributed by atoms with E-state index in [2.05, 4.69) is 20.8 Å². The van der Waals surface area contributed by atoms with Crippen molar-refractivity contribution in [1.29, 1.82) is 0 Å². The van der Waals surface area contributed by atoms with Gasteiger partial charge in [0, 0.05) is 6.42 Å². The van der Waals surface area contributed by atoms with Crippen molar-refractivity contribution in [3.63, 3.8) is 0 Å². The van der Waals surface area contributed by atoms with Gasteiger partial charge in [-0.25, -0.2) is 0 Å². The van der Waals surface area contributed by atoms with Gasteiger partial charge < -0.3 is 14.2 Å². The molecule has 0 saturated heterocycles. The van der Waals surface area contributed by atoms with E-state index >= 15 is 0 Å². The number of hydrogen-bond donors (Lipinski definition) is 0. The van der Waals surface area contributed by atoms with E-state index in [0.717, 1.165) is 0 Å². The van der Waals surface area contributed by atoms with Crippen molar-refractivity contribution >= 4 is 5.97 Å². The zero-order chi connectivity index (χ0) is 13.3. The van der Waals surface area contributed by atoms with Crippen LogP contribution in [0.15, 0.2) is 0 Å². The molecule has 17 heavy (non-hydrogen) atoms. The van der Waals surface area contributed by atoms with Crippen LogP contribution in [0.3, 0.4) is 0 Å². The van der Waals surface area contributed by atoms with Crippen molar-refractivity contribution in [1.82, 2.24) is 0 Å². The zero-order valence-corrected chi connectivity index (χ0v) is 11.7. The second kappa shape index (κ2) is 9.42. The van der Waals surface area contributed by atoms with Gasteiger partial charge in [-0.3, -0.25) is 4.79 Å². The fourth-order valence-corrected chi connectivity index (χ4v) is 1.08. The molecule has 102 valence electrons. The SMILES string of the molecule is CCC(=O)OC(C)COCCOC(C)C(C)C. The van der Waals surface area contributed by atoms with Gasteiger partial charge in [-0.2, -0.15) is 0 Å². The highest BCUT2D eigenvalue weighted by molar-refractivity contribution is 5.69. The minimum Gasteiger partial charge on any atom is -0.460 e. The summed E-state index contributed by atoms with van der Waals surface area (Å²) in [7, 11) is 0. The van der Waals surface area contributed by atoms with E-state index in [9.17, 15) is 4.79 Å². The number of carbonyl (C=O) groups excluding carboxylic acids is 1. The van der Waals surface area contributed by atoms with Gasteiger partial charge in [0.15, 0.2) is 0 Å². The topological polar surface area (TPSA) is 44.8 Å². The summed E-state index contributed by atoms with van der Waals surface area (Å²) < 4.78 is 16.0. The summed E-state index contributed by atoms with van der Waals surface area (Å²) in [6, 6.07) is 0. The lowest BCUT2D eigenvalue weighted by Crippen LogP contribution is -2.22. The number of rotatable bonds is 9. The standard InChI is InChI=1S/C13H26O4/c1-6-13(14)17-11(4)9-15-7-8-16-12(5)10(2)3/h10-12H,6-9H2,1-5H3. The number of hydrogen-bond acceptors (Lipinski definition) is 4. The van der Waals surface area contributed by atoms with E-state index in [4.69, 9.17) is 14.2 Å². The summed E-state index contributed by atoms with van der Waals surface area (Å²) in [5.41, 5.74) is 0. The highest BCUT2D eigenvalue weighted by Gasteiger charge is 2.08. The Balaban J connectivity index is 3.42. The molecule has 0 aromatic carbocycles. The Morgan fingerprint density at radius 3 is 2.29 bits per heavy atom. The predicted octanol–water partition coefficient (Wildman–Crippen LogP) is 2.41. The summed E-state index contributed by atoms with van der Waals surface area (Å²) in [4.78, 5) is 11.0. The molecule has 4 heteroatoms. The van der Waals surface area contributed by atoms with Gasteiger partial charge in [0.1, 0.15) is 6.10 Å². The Bertz CT molecular complexity index is 204. The summed E-state index contributed by atoms with van der Waals surface area (Å²) >= 11 is 0. The molecular weight excluding hydrogens is 220 g/mol. The fraction of sp³-hybridized carbons (Fsp3) is 0.923. The van der Waals surface area contributed by atoms with Crippen molar-refractivity contribution in [2.24, 2.45) is 5.92 Å². The lowest BCUT2D eigenvalue weighted by molar-refractivity contribution is -0.151. The third-order valence-electron chi connectivity index (χ3n) is 2.52. The average Bonchev–Trinajstić information content (AvgIpc) is 2.27. The van der Waals surface area contributed by atoms with Gasteiger partial charge in [-0.15, -0.1) is 0 Å². The van der Waals surface area contributed by atoms with Crippen LogP contribution >= 0.6 is 0 Å². The maximum atomic E-state index is 11.0. The number of esters is 1. The van der Waals surface area contributed by atoms with E-state index in [-0.39, 0.29) is 18.2 Å². The summed E-state index contributed by atoms with van der Waals surface area (Å²) in [5.74, 6) is 0.324. The minimum atomic E-state index is -0.190. The van der Waals surface area contributed by atoms with Gasteiger partial charge in [-0.1, -0.05) is 20.8 Å². The molecule has 0 rings (SSSR count). The molecule has 0 N–H and O–H groups in total. The molecule has 0 aromatic heterocycles. The van der Waals surface area contributed by atoms with Crippen molar-refractivity contribution in [3.8, 4) is 0 Å². The first-order chi connectivity index (χ1) is 7.97. The second-order valence-corrected chi connectivity index (χ2v) is 4.55. The Morgan fingerprint density at radius 2 is 1.76 bits per heavy atom. The molecule has 0 fully saturated rings. The van der Waals surface area contributed by atoms with Crippen molar-refractivity contribution in [2.45, 2.75) is 53.2 Å². The molecule has 0 heterocycles. The van der Waals surface area contributed by atoms with E-state index in [0.29, 0.717) is 32.2 Å². The molecule has 4 nitrogen and oxygen atoms in total. The van der Waals surface area contributed by atoms with Crippen LogP contribution in [0.4, 0.5) is 0 Å². The molecule has 2 atom stereocenters. The zero-order valence-electron chi connectivity index (χ0n) is 11.7. The van der Waals surface area contributed by atoms with Crippen LogP contribution < -0.4 is 0 Å². The van der Waals surface area contributed by atoms with Crippen LogP contribution in [0.25, 0.3) is 0 Å². The van der Waals surface area contributed by atoms with Crippen LogP contribution in [-0.2, 0) is 19.0 Å². The molecule has 0 amide bonds. The monoisotopic (exact) mass is 246 g/mol. The second-order valence-electron chi connectivity index (χ2n) is 4.55. The van der Waals surface area contributed by atoms with Crippen LogP contribution in [-0.4, -0.2) is 38.0 Å².